The summed E-state index contributed by atoms with van der Waals surface area (Å²) < 4.78 is 2.06. The highest BCUT2D eigenvalue weighted by Gasteiger charge is 1.94. The minimum absolute atomic E-state index is 1.07. The highest BCUT2D eigenvalue weighted by atomic mass is 15.2. The molecule has 0 radical (unpaired) electrons. The van der Waals surface area contributed by atoms with Crippen molar-refractivity contribution >= 4 is 0 Å². The van der Waals surface area contributed by atoms with E-state index in [0.717, 1.165) is 6.54 Å². The van der Waals surface area contributed by atoms with Gasteiger partial charge in [-0.3, -0.25) is 0 Å². The van der Waals surface area contributed by atoms with Gasteiger partial charge in [0, 0.05) is 6.54 Å². The molecule has 0 fully saturated rings. The number of aromatic nitrogens is 3. The average molecular weight is 251 g/mol. The Kier molecular flexibility index (Phi) is 9.49. The molecule has 1 aromatic rings. The molecule has 0 aliphatic carbocycles. The first-order valence-electron chi connectivity index (χ1n) is 7.76. The van der Waals surface area contributed by atoms with Crippen LogP contribution >= 0.6 is 0 Å². The van der Waals surface area contributed by atoms with E-state index in [1.165, 1.54) is 70.6 Å². The molecule has 0 saturated carbocycles. The fourth-order valence-electron chi connectivity index (χ4n) is 2.30. The van der Waals surface area contributed by atoms with Gasteiger partial charge in [0.2, 0.25) is 0 Å². The van der Waals surface area contributed by atoms with Crippen LogP contribution in [0.3, 0.4) is 0 Å². The summed E-state index contributed by atoms with van der Waals surface area (Å²) in [5.41, 5.74) is 0. The number of unbranched alkanes of at least 4 members (excludes halogenated alkanes) is 10. The molecule has 0 spiro atoms. The molecule has 0 unspecified atom stereocenters. The maximum Gasteiger partial charge on any atom is 0.119 e. The number of rotatable bonds is 12. The van der Waals surface area contributed by atoms with Gasteiger partial charge in [0.25, 0.3) is 0 Å². The normalized spacial score (nSPS) is 10.9. The van der Waals surface area contributed by atoms with E-state index in [0.29, 0.717) is 0 Å². The van der Waals surface area contributed by atoms with Crippen LogP contribution in [0, 0.1) is 0 Å². The van der Waals surface area contributed by atoms with Crippen LogP contribution in [0.5, 0.6) is 0 Å². The maximum absolute atomic E-state index is 3.81. The zero-order valence-corrected chi connectivity index (χ0v) is 12.0. The van der Waals surface area contributed by atoms with E-state index in [9.17, 15) is 0 Å². The SMILES string of the molecule is CCCCCCCCCCCCCn1cnnc1. The van der Waals surface area contributed by atoms with Crippen molar-refractivity contribution in [3.8, 4) is 0 Å². The second kappa shape index (κ2) is 11.2. The molecule has 0 amide bonds. The summed E-state index contributed by atoms with van der Waals surface area (Å²) >= 11 is 0. The van der Waals surface area contributed by atoms with Crippen LogP contribution in [0.15, 0.2) is 12.7 Å². The minimum atomic E-state index is 1.07. The third-order valence-corrected chi connectivity index (χ3v) is 3.49. The maximum atomic E-state index is 3.81. The second-order valence-electron chi connectivity index (χ2n) is 5.24. The summed E-state index contributed by atoms with van der Waals surface area (Å²) in [6, 6.07) is 0. The summed E-state index contributed by atoms with van der Waals surface area (Å²) in [6.45, 7) is 3.35. The molecule has 1 rings (SSSR count). The van der Waals surface area contributed by atoms with Gasteiger partial charge in [0.15, 0.2) is 0 Å². The number of hydrogen-bond acceptors (Lipinski definition) is 2. The summed E-state index contributed by atoms with van der Waals surface area (Å²) in [5.74, 6) is 0. The van der Waals surface area contributed by atoms with Crippen molar-refractivity contribution in [1.82, 2.24) is 14.8 Å². The highest BCUT2D eigenvalue weighted by molar-refractivity contribution is 4.59. The highest BCUT2D eigenvalue weighted by Crippen LogP contribution is 2.11. The Hall–Kier alpha value is -0.860. The predicted octanol–water partition coefficient (Wildman–Crippen LogP) is 4.59. The molecule has 1 aromatic heterocycles. The molecular weight excluding hydrogens is 222 g/mol. The fourth-order valence-corrected chi connectivity index (χ4v) is 2.30. The molecule has 3 nitrogen and oxygen atoms in total. The lowest BCUT2D eigenvalue weighted by atomic mass is 10.1. The van der Waals surface area contributed by atoms with Crippen molar-refractivity contribution in [3.05, 3.63) is 12.7 Å². The molecule has 104 valence electrons. The molecule has 0 saturated heterocycles. The van der Waals surface area contributed by atoms with Gasteiger partial charge in [0.05, 0.1) is 0 Å². The van der Waals surface area contributed by atoms with Gasteiger partial charge < -0.3 is 4.57 Å². The third-order valence-electron chi connectivity index (χ3n) is 3.49. The largest absolute Gasteiger partial charge is 0.320 e. The van der Waals surface area contributed by atoms with Crippen molar-refractivity contribution in [2.45, 2.75) is 84.1 Å². The van der Waals surface area contributed by atoms with Crippen LogP contribution in [-0.2, 0) is 6.54 Å². The first-order valence-corrected chi connectivity index (χ1v) is 7.76. The molecule has 0 bridgehead atoms. The van der Waals surface area contributed by atoms with Crippen molar-refractivity contribution in [1.29, 1.82) is 0 Å². The minimum Gasteiger partial charge on any atom is -0.320 e. The van der Waals surface area contributed by atoms with Crippen LogP contribution in [0.1, 0.15) is 77.6 Å². The number of hydrogen-bond donors (Lipinski definition) is 0. The Morgan fingerprint density at radius 3 is 1.61 bits per heavy atom. The quantitative estimate of drug-likeness (QED) is 0.509. The zero-order valence-electron chi connectivity index (χ0n) is 12.0. The van der Waals surface area contributed by atoms with Gasteiger partial charge >= 0.3 is 0 Å². The smallest absolute Gasteiger partial charge is 0.119 e. The molecule has 3 heteroatoms. The Bertz CT molecular complexity index is 257. The standard InChI is InChI=1S/C15H29N3/c1-2-3-4-5-6-7-8-9-10-11-12-13-18-14-16-17-15-18/h14-15H,2-13H2,1H3. The predicted molar refractivity (Wildman–Crippen MR) is 76.5 cm³/mol. The lowest BCUT2D eigenvalue weighted by Crippen LogP contribution is -1.94. The van der Waals surface area contributed by atoms with E-state index in [-0.39, 0.29) is 0 Å². The lowest BCUT2D eigenvalue weighted by molar-refractivity contribution is 0.531. The lowest BCUT2D eigenvalue weighted by Gasteiger charge is -2.03. The second-order valence-corrected chi connectivity index (χ2v) is 5.24. The molecule has 18 heavy (non-hydrogen) atoms. The molecule has 0 aromatic carbocycles. The molecular formula is C15H29N3. The van der Waals surface area contributed by atoms with E-state index >= 15 is 0 Å². The summed E-state index contributed by atoms with van der Waals surface area (Å²) in [5, 5.41) is 7.61. The van der Waals surface area contributed by atoms with Crippen molar-refractivity contribution in [3.63, 3.8) is 0 Å². The first-order chi connectivity index (χ1) is 8.93. The Balaban J connectivity index is 1.73. The van der Waals surface area contributed by atoms with E-state index in [1.807, 2.05) is 0 Å². The zero-order chi connectivity index (χ0) is 12.9. The van der Waals surface area contributed by atoms with Crippen LogP contribution in [0.2, 0.25) is 0 Å². The molecule has 0 aliphatic heterocycles. The topological polar surface area (TPSA) is 30.7 Å². The van der Waals surface area contributed by atoms with Crippen molar-refractivity contribution in [2.24, 2.45) is 0 Å². The summed E-state index contributed by atoms with van der Waals surface area (Å²) in [6.07, 6.45) is 19.0. The summed E-state index contributed by atoms with van der Waals surface area (Å²) in [7, 11) is 0. The number of aryl methyl sites for hydroxylation is 1. The van der Waals surface area contributed by atoms with Gasteiger partial charge in [-0.15, -0.1) is 10.2 Å². The van der Waals surface area contributed by atoms with Gasteiger partial charge in [-0.1, -0.05) is 71.1 Å². The summed E-state index contributed by atoms with van der Waals surface area (Å²) in [4.78, 5) is 0. The fraction of sp³-hybridized carbons (Fsp3) is 0.867. The van der Waals surface area contributed by atoms with E-state index in [4.69, 9.17) is 0 Å². The Morgan fingerprint density at radius 2 is 1.11 bits per heavy atom. The van der Waals surface area contributed by atoms with Crippen LogP contribution in [0.4, 0.5) is 0 Å². The van der Waals surface area contributed by atoms with Gasteiger partial charge in [-0.2, -0.15) is 0 Å². The molecule has 0 N–H and O–H groups in total. The monoisotopic (exact) mass is 251 g/mol. The van der Waals surface area contributed by atoms with Crippen molar-refractivity contribution in [2.75, 3.05) is 0 Å². The van der Waals surface area contributed by atoms with Crippen molar-refractivity contribution < 1.29 is 0 Å². The van der Waals surface area contributed by atoms with E-state index < -0.39 is 0 Å². The van der Waals surface area contributed by atoms with E-state index in [2.05, 4.69) is 21.7 Å². The van der Waals surface area contributed by atoms with Gasteiger partial charge in [0.1, 0.15) is 12.7 Å². The third kappa shape index (κ3) is 8.26. The first kappa shape index (κ1) is 15.2. The molecule has 0 aliphatic rings. The Labute approximate surface area is 112 Å². The van der Waals surface area contributed by atoms with Gasteiger partial charge in [-0.05, 0) is 6.42 Å². The average Bonchev–Trinajstić information content (AvgIpc) is 2.89. The van der Waals surface area contributed by atoms with Crippen LogP contribution in [0.25, 0.3) is 0 Å². The number of nitrogens with zero attached hydrogens (tertiary/aromatic N) is 3. The van der Waals surface area contributed by atoms with Gasteiger partial charge in [-0.25, -0.2) is 0 Å². The van der Waals surface area contributed by atoms with E-state index in [1.54, 1.807) is 12.7 Å². The van der Waals surface area contributed by atoms with Crippen LogP contribution < -0.4 is 0 Å². The molecule has 0 atom stereocenters. The molecule has 1 heterocycles. The van der Waals surface area contributed by atoms with Crippen LogP contribution in [-0.4, -0.2) is 14.8 Å². The Morgan fingerprint density at radius 1 is 0.667 bits per heavy atom.